The van der Waals surface area contributed by atoms with Crippen LogP contribution in [0.1, 0.15) is 27.2 Å². The quantitative estimate of drug-likeness (QED) is 0.699. The summed E-state index contributed by atoms with van der Waals surface area (Å²) in [6, 6.07) is 0.433. The van der Waals surface area contributed by atoms with Gasteiger partial charge in [-0.3, -0.25) is 4.79 Å². The van der Waals surface area contributed by atoms with Crippen LogP contribution in [-0.4, -0.2) is 49.2 Å². The zero-order valence-electron chi connectivity index (χ0n) is 10.2. The average Bonchev–Trinajstić information content (AvgIpc) is 2.45. The number of rotatable bonds is 3. The molecule has 1 N–H and O–H groups in total. The van der Waals surface area contributed by atoms with E-state index >= 15 is 0 Å². The molecule has 1 atom stereocenters. The van der Waals surface area contributed by atoms with Gasteiger partial charge in [-0.15, -0.1) is 0 Å². The van der Waals surface area contributed by atoms with Gasteiger partial charge in [0.25, 0.3) is 0 Å². The topological polar surface area (TPSA) is 41.6 Å². The summed E-state index contributed by atoms with van der Waals surface area (Å²) in [6.45, 7) is 8.08. The van der Waals surface area contributed by atoms with Gasteiger partial charge in [-0.1, -0.05) is 0 Å². The van der Waals surface area contributed by atoms with Crippen molar-refractivity contribution in [2.75, 3.05) is 26.7 Å². The number of nitrogens with one attached hydrogen (secondary N) is 1. The molecule has 4 heteroatoms. The Bertz CT molecular complexity index is 223. The molecule has 0 spiro atoms. The molecule has 1 heterocycles. The fraction of sp³-hybridized carbons (Fsp3) is 0.909. The van der Waals surface area contributed by atoms with E-state index in [9.17, 15) is 4.79 Å². The highest BCUT2D eigenvalue weighted by molar-refractivity contribution is 5.72. The molecule has 0 aromatic heterocycles. The number of carbonyl (C=O) groups is 1. The van der Waals surface area contributed by atoms with E-state index < -0.39 is 0 Å². The number of nitrogens with zero attached hydrogens (tertiary/aromatic N) is 1. The summed E-state index contributed by atoms with van der Waals surface area (Å²) >= 11 is 0. The molecule has 1 aliphatic heterocycles. The van der Waals surface area contributed by atoms with Crippen LogP contribution in [0, 0.1) is 0 Å². The Morgan fingerprint density at radius 2 is 2.20 bits per heavy atom. The zero-order valence-corrected chi connectivity index (χ0v) is 10.2. The second kappa shape index (κ2) is 4.94. The first-order valence-corrected chi connectivity index (χ1v) is 5.50. The summed E-state index contributed by atoms with van der Waals surface area (Å²) in [5.41, 5.74) is -0.384. The Morgan fingerprint density at radius 1 is 1.53 bits per heavy atom. The van der Waals surface area contributed by atoms with Gasteiger partial charge in [0, 0.05) is 12.6 Å². The van der Waals surface area contributed by atoms with Gasteiger partial charge in [-0.2, -0.15) is 0 Å². The van der Waals surface area contributed by atoms with E-state index in [0.717, 1.165) is 19.5 Å². The molecular weight excluding hydrogens is 192 g/mol. The molecule has 88 valence electrons. The minimum atomic E-state index is -0.384. The van der Waals surface area contributed by atoms with Crippen LogP contribution < -0.4 is 5.32 Å². The number of carbonyl (C=O) groups excluding carboxylic acids is 1. The van der Waals surface area contributed by atoms with Gasteiger partial charge < -0.3 is 15.0 Å². The van der Waals surface area contributed by atoms with E-state index in [0.29, 0.717) is 12.6 Å². The molecule has 0 aromatic rings. The third-order valence-electron chi connectivity index (χ3n) is 2.35. The van der Waals surface area contributed by atoms with Gasteiger partial charge in [0.1, 0.15) is 5.60 Å². The molecule has 0 radical (unpaired) electrons. The number of likely N-dealkylation sites (tertiary alicyclic amines) is 1. The Labute approximate surface area is 92.0 Å². The van der Waals surface area contributed by atoms with Crippen LogP contribution in [0.25, 0.3) is 0 Å². The van der Waals surface area contributed by atoms with E-state index in [1.807, 2.05) is 20.8 Å². The van der Waals surface area contributed by atoms with Crippen LogP contribution in [0.5, 0.6) is 0 Å². The van der Waals surface area contributed by atoms with Crippen LogP contribution in [0.4, 0.5) is 0 Å². The summed E-state index contributed by atoms with van der Waals surface area (Å²) in [4.78, 5) is 13.7. The number of likely N-dealkylation sites (N-methyl/N-ethyl adjacent to an activating group) is 1. The van der Waals surface area contributed by atoms with Crippen molar-refractivity contribution in [2.24, 2.45) is 0 Å². The minimum absolute atomic E-state index is 0.169. The summed E-state index contributed by atoms with van der Waals surface area (Å²) in [5.74, 6) is -0.169. The molecule has 1 unspecified atom stereocenters. The third kappa shape index (κ3) is 5.14. The summed E-state index contributed by atoms with van der Waals surface area (Å²) in [5, 5.41) is 3.22. The van der Waals surface area contributed by atoms with Crippen molar-refractivity contribution in [2.45, 2.75) is 38.8 Å². The normalized spacial score (nSPS) is 23.1. The Morgan fingerprint density at radius 3 is 2.67 bits per heavy atom. The van der Waals surface area contributed by atoms with E-state index in [4.69, 9.17) is 4.74 Å². The molecule has 1 saturated heterocycles. The molecule has 0 aromatic carbocycles. The van der Waals surface area contributed by atoms with Crippen LogP contribution in [-0.2, 0) is 9.53 Å². The predicted molar refractivity (Wildman–Crippen MR) is 59.7 cm³/mol. The van der Waals surface area contributed by atoms with E-state index in [1.165, 1.54) is 0 Å². The largest absolute Gasteiger partial charge is 0.459 e. The van der Waals surface area contributed by atoms with Crippen LogP contribution in [0.15, 0.2) is 0 Å². The van der Waals surface area contributed by atoms with Gasteiger partial charge >= 0.3 is 5.97 Å². The lowest BCUT2D eigenvalue weighted by molar-refractivity contribution is -0.153. The van der Waals surface area contributed by atoms with Crippen molar-refractivity contribution in [1.82, 2.24) is 10.2 Å². The van der Waals surface area contributed by atoms with E-state index in [-0.39, 0.29) is 11.6 Å². The number of esters is 1. The molecule has 0 saturated carbocycles. The lowest BCUT2D eigenvalue weighted by Crippen LogP contribution is -2.38. The van der Waals surface area contributed by atoms with Gasteiger partial charge in [0.05, 0.1) is 6.54 Å². The lowest BCUT2D eigenvalue weighted by Gasteiger charge is -2.20. The van der Waals surface area contributed by atoms with Gasteiger partial charge in [0.15, 0.2) is 0 Å². The molecule has 0 aliphatic carbocycles. The number of ether oxygens (including phenoxy) is 1. The van der Waals surface area contributed by atoms with Gasteiger partial charge in [-0.05, 0) is 40.8 Å². The Balaban J connectivity index is 2.17. The van der Waals surface area contributed by atoms with Crippen LogP contribution in [0.3, 0.4) is 0 Å². The van der Waals surface area contributed by atoms with Crippen LogP contribution >= 0.6 is 0 Å². The van der Waals surface area contributed by atoms with Crippen molar-refractivity contribution < 1.29 is 9.53 Å². The Kier molecular flexibility index (Phi) is 4.11. The monoisotopic (exact) mass is 214 g/mol. The molecule has 0 bridgehead atoms. The fourth-order valence-electron chi connectivity index (χ4n) is 1.71. The molecule has 4 nitrogen and oxygen atoms in total. The van der Waals surface area contributed by atoms with Gasteiger partial charge in [-0.25, -0.2) is 0 Å². The average molecular weight is 214 g/mol. The summed E-state index contributed by atoms with van der Waals surface area (Å²) in [6.07, 6.45) is 1.11. The zero-order chi connectivity index (χ0) is 11.5. The molecule has 15 heavy (non-hydrogen) atoms. The first-order chi connectivity index (χ1) is 6.87. The first kappa shape index (κ1) is 12.5. The van der Waals surface area contributed by atoms with E-state index in [1.54, 1.807) is 0 Å². The minimum Gasteiger partial charge on any atom is -0.459 e. The summed E-state index contributed by atoms with van der Waals surface area (Å²) in [7, 11) is 2.09. The molecule has 1 aliphatic rings. The highest BCUT2D eigenvalue weighted by Gasteiger charge is 2.21. The number of hydrogen-bond acceptors (Lipinski definition) is 4. The molecular formula is C11H22N2O2. The SMILES string of the molecule is CN1CCC(NCC(=O)OC(C)(C)C)C1. The van der Waals surface area contributed by atoms with Crippen molar-refractivity contribution in [3.63, 3.8) is 0 Å². The highest BCUT2D eigenvalue weighted by atomic mass is 16.6. The Hall–Kier alpha value is -0.610. The maximum absolute atomic E-state index is 11.4. The number of hydrogen-bond donors (Lipinski definition) is 1. The van der Waals surface area contributed by atoms with E-state index in [2.05, 4.69) is 17.3 Å². The highest BCUT2D eigenvalue weighted by Crippen LogP contribution is 2.08. The second-order valence-corrected chi connectivity index (χ2v) is 5.22. The second-order valence-electron chi connectivity index (χ2n) is 5.22. The smallest absolute Gasteiger partial charge is 0.320 e. The molecule has 1 rings (SSSR count). The van der Waals surface area contributed by atoms with Crippen molar-refractivity contribution in [3.8, 4) is 0 Å². The summed E-state index contributed by atoms with van der Waals surface area (Å²) < 4.78 is 5.21. The first-order valence-electron chi connectivity index (χ1n) is 5.50. The van der Waals surface area contributed by atoms with Crippen molar-refractivity contribution in [1.29, 1.82) is 0 Å². The third-order valence-corrected chi connectivity index (χ3v) is 2.35. The van der Waals surface area contributed by atoms with Crippen molar-refractivity contribution >= 4 is 5.97 Å². The maximum Gasteiger partial charge on any atom is 0.320 e. The molecule has 1 fully saturated rings. The lowest BCUT2D eigenvalue weighted by atomic mass is 10.2. The fourth-order valence-corrected chi connectivity index (χ4v) is 1.71. The maximum atomic E-state index is 11.4. The van der Waals surface area contributed by atoms with Gasteiger partial charge in [0.2, 0.25) is 0 Å². The molecule has 0 amide bonds. The van der Waals surface area contributed by atoms with Crippen LogP contribution in [0.2, 0.25) is 0 Å². The predicted octanol–water partition coefficient (Wildman–Crippen LogP) is 0.622. The van der Waals surface area contributed by atoms with Crippen molar-refractivity contribution in [3.05, 3.63) is 0 Å². The standard InChI is InChI=1S/C11H22N2O2/c1-11(2,3)15-10(14)7-12-9-5-6-13(4)8-9/h9,12H,5-8H2,1-4H3.